The van der Waals surface area contributed by atoms with Crippen molar-refractivity contribution >= 4 is 10.0 Å². The van der Waals surface area contributed by atoms with Gasteiger partial charge in [0.2, 0.25) is 5.09 Å². The minimum Gasteiger partial charge on any atom is -0.447 e. The number of hydrogen-bond donors (Lipinski definition) is 1. The van der Waals surface area contributed by atoms with E-state index in [0.29, 0.717) is 24.9 Å². The first-order chi connectivity index (χ1) is 10.1. The highest BCUT2D eigenvalue weighted by Crippen LogP contribution is 2.26. The third-order valence-corrected chi connectivity index (χ3v) is 6.20. The molecule has 1 unspecified atom stereocenters. The van der Waals surface area contributed by atoms with Crippen LogP contribution >= 0.6 is 0 Å². The maximum Gasteiger partial charge on any atom is 0.276 e. The monoisotopic (exact) mass is 313 g/mol. The highest BCUT2D eigenvalue weighted by Gasteiger charge is 2.36. The van der Waals surface area contributed by atoms with E-state index >= 15 is 0 Å². The fourth-order valence-electron chi connectivity index (χ4n) is 3.24. The average molecular weight is 313 g/mol. The predicted octanol–water partition coefficient (Wildman–Crippen LogP) is 0.987. The van der Waals surface area contributed by atoms with Crippen LogP contribution in [-0.4, -0.2) is 49.8 Å². The Morgan fingerprint density at radius 1 is 1.19 bits per heavy atom. The van der Waals surface area contributed by atoms with Gasteiger partial charge >= 0.3 is 0 Å². The van der Waals surface area contributed by atoms with E-state index < -0.39 is 10.0 Å². The summed E-state index contributed by atoms with van der Waals surface area (Å²) >= 11 is 0. The summed E-state index contributed by atoms with van der Waals surface area (Å²) in [5.41, 5.74) is 5.47. The van der Waals surface area contributed by atoms with Crippen molar-refractivity contribution in [3.8, 4) is 0 Å². The maximum absolute atomic E-state index is 12.6. The largest absolute Gasteiger partial charge is 0.447 e. The van der Waals surface area contributed by atoms with Crippen LogP contribution in [0.1, 0.15) is 31.4 Å². The molecule has 0 saturated carbocycles. The highest BCUT2D eigenvalue weighted by atomic mass is 32.2. The van der Waals surface area contributed by atoms with Crippen LogP contribution in [0.15, 0.2) is 21.6 Å². The number of rotatable bonds is 4. The first kappa shape index (κ1) is 15.0. The Morgan fingerprint density at radius 2 is 1.95 bits per heavy atom. The molecule has 1 aromatic heterocycles. The Morgan fingerprint density at radius 3 is 2.62 bits per heavy atom. The first-order valence-corrected chi connectivity index (χ1v) is 9.08. The standard InChI is InChI=1S/C14H23N3O3S/c15-10-13-4-5-14(20-13)21(18,19)17-9-6-12(11-17)16-7-2-1-3-8-16/h4-5,12H,1-3,6-11,15H2. The zero-order valence-electron chi connectivity index (χ0n) is 12.2. The smallest absolute Gasteiger partial charge is 0.276 e. The lowest BCUT2D eigenvalue weighted by Crippen LogP contribution is -2.41. The fourth-order valence-corrected chi connectivity index (χ4v) is 4.67. The van der Waals surface area contributed by atoms with Crippen molar-refractivity contribution in [1.82, 2.24) is 9.21 Å². The molecule has 0 spiro atoms. The summed E-state index contributed by atoms with van der Waals surface area (Å²) < 4.78 is 32.0. The normalized spacial score (nSPS) is 25.5. The van der Waals surface area contributed by atoms with Gasteiger partial charge in [0.05, 0.1) is 6.54 Å². The summed E-state index contributed by atoms with van der Waals surface area (Å²) in [4.78, 5) is 2.44. The molecule has 1 aromatic rings. The first-order valence-electron chi connectivity index (χ1n) is 7.64. The van der Waals surface area contributed by atoms with Crippen LogP contribution in [0, 0.1) is 0 Å². The molecule has 21 heavy (non-hydrogen) atoms. The van der Waals surface area contributed by atoms with Gasteiger partial charge in [0.1, 0.15) is 5.76 Å². The molecule has 2 aliphatic rings. The molecule has 2 fully saturated rings. The van der Waals surface area contributed by atoms with Crippen LogP contribution < -0.4 is 5.73 Å². The van der Waals surface area contributed by atoms with E-state index in [2.05, 4.69) is 4.90 Å². The van der Waals surface area contributed by atoms with Crippen LogP contribution in [0.3, 0.4) is 0 Å². The molecule has 0 aromatic carbocycles. The Balaban J connectivity index is 1.69. The van der Waals surface area contributed by atoms with E-state index in [-0.39, 0.29) is 11.6 Å². The average Bonchev–Trinajstić information content (AvgIpc) is 3.18. The quantitative estimate of drug-likeness (QED) is 0.896. The highest BCUT2D eigenvalue weighted by molar-refractivity contribution is 7.89. The molecule has 3 rings (SSSR count). The Labute approximate surface area is 125 Å². The topological polar surface area (TPSA) is 79.8 Å². The molecule has 1 atom stereocenters. The van der Waals surface area contributed by atoms with E-state index in [9.17, 15) is 8.42 Å². The van der Waals surface area contributed by atoms with Gasteiger partial charge in [0.15, 0.2) is 0 Å². The lowest BCUT2D eigenvalue weighted by Gasteiger charge is -2.32. The molecule has 3 heterocycles. The van der Waals surface area contributed by atoms with Crippen molar-refractivity contribution in [2.24, 2.45) is 5.73 Å². The molecular formula is C14H23N3O3S. The summed E-state index contributed by atoms with van der Waals surface area (Å²) in [6.45, 7) is 3.54. The van der Waals surface area contributed by atoms with Gasteiger partial charge in [-0.2, -0.15) is 4.31 Å². The van der Waals surface area contributed by atoms with Gasteiger partial charge < -0.3 is 10.2 Å². The molecule has 7 heteroatoms. The van der Waals surface area contributed by atoms with Crippen LogP contribution in [0.25, 0.3) is 0 Å². The Bertz CT molecular complexity index is 578. The lowest BCUT2D eigenvalue weighted by atomic mass is 10.1. The predicted molar refractivity (Wildman–Crippen MR) is 79.2 cm³/mol. The molecule has 6 nitrogen and oxygen atoms in total. The summed E-state index contributed by atoms with van der Waals surface area (Å²) in [5.74, 6) is 0.500. The van der Waals surface area contributed by atoms with Crippen molar-refractivity contribution < 1.29 is 12.8 Å². The zero-order chi connectivity index (χ0) is 14.9. The molecule has 2 aliphatic heterocycles. The summed E-state index contributed by atoms with van der Waals surface area (Å²) in [5, 5.41) is 0.0160. The lowest BCUT2D eigenvalue weighted by molar-refractivity contribution is 0.169. The second-order valence-electron chi connectivity index (χ2n) is 5.83. The molecule has 0 aliphatic carbocycles. The third kappa shape index (κ3) is 3.01. The van der Waals surface area contributed by atoms with Crippen LogP contribution in [0.4, 0.5) is 0 Å². The Hall–Kier alpha value is -0.890. The SMILES string of the molecule is NCc1ccc(S(=O)(=O)N2CCC(N3CCCCC3)C2)o1. The number of sulfonamides is 1. The van der Waals surface area contributed by atoms with E-state index in [4.69, 9.17) is 10.2 Å². The van der Waals surface area contributed by atoms with Gasteiger partial charge in [-0.1, -0.05) is 6.42 Å². The number of furan rings is 1. The molecule has 2 N–H and O–H groups in total. The second kappa shape index (κ2) is 6.08. The van der Waals surface area contributed by atoms with Gasteiger partial charge in [-0.15, -0.1) is 0 Å². The number of likely N-dealkylation sites (tertiary alicyclic amines) is 1. The second-order valence-corrected chi connectivity index (χ2v) is 7.70. The van der Waals surface area contributed by atoms with Gasteiger partial charge in [0, 0.05) is 19.1 Å². The van der Waals surface area contributed by atoms with E-state index in [0.717, 1.165) is 19.5 Å². The van der Waals surface area contributed by atoms with Crippen LogP contribution in [-0.2, 0) is 16.6 Å². The van der Waals surface area contributed by atoms with Crippen molar-refractivity contribution in [1.29, 1.82) is 0 Å². The van der Waals surface area contributed by atoms with Crippen molar-refractivity contribution in [2.75, 3.05) is 26.2 Å². The summed E-state index contributed by atoms with van der Waals surface area (Å²) in [6, 6.07) is 3.49. The minimum atomic E-state index is -3.52. The molecule has 0 radical (unpaired) electrons. The van der Waals surface area contributed by atoms with Gasteiger partial charge in [0.25, 0.3) is 10.0 Å². The summed E-state index contributed by atoms with van der Waals surface area (Å²) in [7, 11) is -3.52. The fraction of sp³-hybridized carbons (Fsp3) is 0.714. The third-order valence-electron chi connectivity index (χ3n) is 4.47. The van der Waals surface area contributed by atoms with Gasteiger partial charge in [-0.05, 0) is 44.5 Å². The molecule has 0 bridgehead atoms. The molecular weight excluding hydrogens is 290 g/mol. The van der Waals surface area contributed by atoms with Crippen LogP contribution in [0.2, 0.25) is 0 Å². The maximum atomic E-state index is 12.6. The van der Waals surface area contributed by atoms with Crippen molar-refractivity contribution in [2.45, 2.75) is 43.4 Å². The van der Waals surface area contributed by atoms with E-state index in [1.165, 1.54) is 25.3 Å². The number of nitrogens with two attached hydrogens (primary N) is 1. The van der Waals surface area contributed by atoms with Gasteiger partial charge in [-0.25, -0.2) is 8.42 Å². The molecule has 0 amide bonds. The molecule has 118 valence electrons. The number of nitrogens with zero attached hydrogens (tertiary/aromatic N) is 2. The number of piperidine rings is 1. The van der Waals surface area contributed by atoms with Crippen molar-refractivity contribution in [3.63, 3.8) is 0 Å². The zero-order valence-corrected chi connectivity index (χ0v) is 13.0. The van der Waals surface area contributed by atoms with Gasteiger partial charge in [-0.3, -0.25) is 4.90 Å². The van der Waals surface area contributed by atoms with E-state index in [1.54, 1.807) is 10.4 Å². The number of hydrogen-bond acceptors (Lipinski definition) is 5. The summed E-state index contributed by atoms with van der Waals surface area (Å²) in [6.07, 6.45) is 4.64. The van der Waals surface area contributed by atoms with E-state index in [1.807, 2.05) is 0 Å². The van der Waals surface area contributed by atoms with Crippen LogP contribution in [0.5, 0.6) is 0 Å². The minimum absolute atomic E-state index is 0.0160. The Kier molecular flexibility index (Phi) is 4.35. The van der Waals surface area contributed by atoms with Crippen molar-refractivity contribution in [3.05, 3.63) is 17.9 Å². The molecule has 2 saturated heterocycles.